The summed E-state index contributed by atoms with van der Waals surface area (Å²) in [7, 11) is -2.00. The SMILES string of the molecule is CN([C@@H](C(=O)N[C@H]1C[C@H]2CC[C@H]1C2)c1ccccc1)S(C)(=O)=O. The lowest BCUT2D eigenvalue weighted by Crippen LogP contribution is -2.46. The van der Waals surface area contributed by atoms with Crippen LogP contribution >= 0.6 is 0 Å². The number of carbonyl (C=O) groups is 1. The van der Waals surface area contributed by atoms with E-state index < -0.39 is 16.1 Å². The molecule has 0 radical (unpaired) electrons. The van der Waals surface area contributed by atoms with E-state index in [4.69, 9.17) is 0 Å². The minimum Gasteiger partial charge on any atom is -0.351 e. The number of sulfonamides is 1. The first kappa shape index (κ1) is 16.5. The number of nitrogens with zero attached hydrogens (tertiary/aromatic N) is 1. The van der Waals surface area contributed by atoms with Gasteiger partial charge in [0.2, 0.25) is 15.9 Å². The van der Waals surface area contributed by atoms with Gasteiger partial charge in [0, 0.05) is 13.1 Å². The highest BCUT2D eigenvalue weighted by Gasteiger charge is 2.41. The van der Waals surface area contributed by atoms with E-state index in [0.29, 0.717) is 11.5 Å². The zero-order valence-corrected chi connectivity index (χ0v) is 14.4. The van der Waals surface area contributed by atoms with Crippen LogP contribution in [0.4, 0.5) is 0 Å². The van der Waals surface area contributed by atoms with E-state index in [1.807, 2.05) is 18.2 Å². The molecular weight excluding hydrogens is 312 g/mol. The van der Waals surface area contributed by atoms with Gasteiger partial charge in [0.05, 0.1) is 6.26 Å². The Hall–Kier alpha value is -1.40. The van der Waals surface area contributed by atoms with Crippen molar-refractivity contribution >= 4 is 15.9 Å². The molecular formula is C17H24N2O3S. The summed E-state index contributed by atoms with van der Waals surface area (Å²) in [5.74, 6) is 1.07. The normalized spacial score (nSPS) is 28.0. The Morgan fingerprint density at radius 2 is 1.91 bits per heavy atom. The Balaban J connectivity index is 1.81. The predicted molar refractivity (Wildman–Crippen MR) is 89.2 cm³/mol. The van der Waals surface area contributed by atoms with Crippen molar-refractivity contribution in [3.63, 3.8) is 0 Å². The van der Waals surface area contributed by atoms with Crippen LogP contribution in [0, 0.1) is 11.8 Å². The van der Waals surface area contributed by atoms with Crippen molar-refractivity contribution in [1.29, 1.82) is 0 Å². The Bertz CT molecular complexity index is 674. The molecule has 0 saturated heterocycles. The highest BCUT2D eigenvalue weighted by molar-refractivity contribution is 7.88. The molecule has 0 heterocycles. The molecule has 23 heavy (non-hydrogen) atoms. The fourth-order valence-electron chi connectivity index (χ4n) is 4.04. The van der Waals surface area contributed by atoms with Crippen molar-refractivity contribution in [2.24, 2.45) is 11.8 Å². The molecule has 1 N–H and O–H groups in total. The highest BCUT2D eigenvalue weighted by atomic mass is 32.2. The molecule has 2 saturated carbocycles. The third-order valence-electron chi connectivity index (χ3n) is 5.32. The summed E-state index contributed by atoms with van der Waals surface area (Å²) in [4.78, 5) is 12.8. The lowest BCUT2D eigenvalue weighted by molar-refractivity contribution is -0.125. The minimum atomic E-state index is -3.47. The molecule has 0 aromatic heterocycles. The molecule has 1 aromatic carbocycles. The van der Waals surface area contributed by atoms with Crippen molar-refractivity contribution in [1.82, 2.24) is 9.62 Å². The second-order valence-electron chi connectivity index (χ2n) is 6.88. The molecule has 1 amide bonds. The Morgan fingerprint density at radius 3 is 2.43 bits per heavy atom. The maximum absolute atomic E-state index is 12.8. The number of nitrogens with one attached hydrogen (secondary N) is 1. The van der Waals surface area contributed by atoms with Gasteiger partial charge < -0.3 is 5.32 Å². The number of rotatable bonds is 5. The summed E-state index contributed by atoms with van der Waals surface area (Å²) in [5, 5.41) is 3.12. The number of benzene rings is 1. The summed E-state index contributed by atoms with van der Waals surface area (Å²) in [5.41, 5.74) is 0.695. The molecule has 1 aromatic rings. The average molecular weight is 336 g/mol. The van der Waals surface area contributed by atoms with Crippen LogP contribution in [0.3, 0.4) is 0 Å². The summed E-state index contributed by atoms with van der Waals surface area (Å²) in [6, 6.07) is 8.48. The van der Waals surface area contributed by atoms with Gasteiger partial charge in [-0.25, -0.2) is 8.42 Å². The molecule has 4 atom stereocenters. The zero-order chi connectivity index (χ0) is 16.6. The van der Waals surface area contributed by atoms with Crippen LogP contribution in [0.1, 0.15) is 37.3 Å². The van der Waals surface area contributed by atoms with E-state index in [2.05, 4.69) is 5.32 Å². The standard InChI is InChI=1S/C17H24N2O3S/c1-19(23(2,21)22)16(13-6-4-3-5-7-13)17(20)18-15-11-12-8-9-14(15)10-12/h3-7,12,14-16H,8-11H2,1-2H3,(H,18,20)/t12-,14-,15-,16+/m0/s1. The Morgan fingerprint density at radius 1 is 1.22 bits per heavy atom. The van der Waals surface area contributed by atoms with E-state index in [1.54, 1.807) is 12.1 Å². The summed E-state index contributed by atoms with van der Waals surface area (Å²) in [6.45, 7) is 0. The topological polar surface area (TPSA) is 66.5 Å². The smallest absolute Gasteiger partial charge is 0.243 e. The van der Waals surface area contributed by atoms with Crippen LogP contribution in [0.15, 0.2) is 30.3 Å². The first-order valence-corrected chi connectivity index (χ1v) is 9.99. The maximum atomic E-state index is 12.8. The van der Waals surface area contributed by atoms with Crippen LogP contribution < -0.4 is 5.32 Å². The van der Waals surface area contributed by atoms with Crippen molar-refractivity contribution < 1.29 is 13.2 Å². The maximum Gasteiger partial charge on any atom is 0.243 e. The van der Waals surface area contributed by atoms with Crippen molar-refractivity contribution in [2.75, 3.05) is 13.3 Å². The number of carbonyl (C=O) groups excluding carboxylic acids is 1. The molecule has 0 aliphatic heterocycles. The zero-order valence-electron chi connectivity index (χ0n) is 13.6. The highest BCUT2D eigenvalue weighted by Crippen LogP contribution is 2.44. The van der Waals surface area contributed by atoms with Gasteiger partial charge in [0.1, 0.15) is 6.04 Å². The number of hydrogen-bond donors (Lipinski definition) is 1. The number of amides is 1. The first-order valence-electron chi connectivity index (χ1n) is 8.14. The molecule has 6 heteroatoms. The van der Waals surface area contributed by atoms with Crippen LogP contribution in [0.5, 0.6) is 0 Å². The average Bonchev–Trinajstić information content (AvgIpc) is 3.10. The van der Waals surface area contributed by atoms with Crippen LogP contribution in [0.25, 0.3) is 0 Å². The third kappa shape index (κ3) is 3.43. The van der Waals surface area contributed by atoms with Gasteiger partial charge in [0.15, 0.2) is 0 Å². The van der Waals surface area contributed by atoms with E-state index in [-0.39, 0.29) is 11.9 Å². The van der Waals surface area contributed by atoms with E-state index in [0.717, 1.165) is 22.9 Å². The molecule has 3 rings (SSSR count). The summed E-state index contributed by atoms with van der Waals surface area (Å²) in [6.07, 6.45) is 5.80. The van der Waals surface area contributed by atoms with Gasteiger partial charge in [-0.05, 0) is 36.7 Å². The molecule has 2 fully saturated rings. The Labute approximate surface area is 138 Å². The molecule has 126 valence electrons. The second-order valence-corrected chi connectivity index (χ2v) is 8.92. The Kier molecular flexibility index (Phi) is 4.47. The number of hydrogen-bond acceptors (Lipinski definition) is 3. The van der Waals surface area contributed by atoms with Crippen LogP contribution in [-0.4, -0.2) is 38.0 Å². The molecule has 0 unspecified atom stereocenters. The summed E-state index contributed by atoms with van der Waals surface area (Å²) >= 11 is 0. The van der Waals surface area contributed by atoms with Crippen LogP contribution in [-0.2, 0) is 14.8 Å². The summed E-state index contributed by atoms with van der Waals surface area (Å²) < 4.78 is 25.1. The van der Waals surface area contributed by atoms with Crippen molar-refractivity contribution in [3.05, 3.63) is 35.9 Å². The molecule has 0 spiro atoms. The fourth-order valence-corrected chi connectivity index (χ4v) is 4.64. The van der Waals surface area contributed by atoms with Gasteiger partial charge in [-0.1, -0.05) is 36.8 Å². The van der Waals surface area contributed by atoms with Gasteiger partial charge in [-0.15, -0.1) is 0 Å². The van der Waals surface area contributed by atoms with E-state index in [9.17, 15) is 13.2 Å². The lowest BCUT2D eigenvalue weighted by Gasteiger charge is -2.29. The van der Waals surface area contributed by atoms with E-state index in [1.165, 1.54) is 26.3 Å². The molecule has 5 nitrogen and oxygen atoms in total. The van der Waals surface area contributed by atoms with Crippen LogP contribution in [0.2, 0.25) is 0 Å². The molecule has 2 aliphatic carbocycles. The number of likely N-dealkylation sites (N-methyl/N-ethyl adjacent to an activating group) is 1. The van der Waals surface area contributed by atoms with Gasteiger partial charge >= 0.3 is 0 Å². The van der Waals surface area contributed by atoms with Crippen molar-refractivity contribution in [3.8, 4) is 0 Å². The quantitative estimate of drug-likeness (QED) is 0.893. The fraction of sp³-hybridized carbons (Fsp3) is 0.588. The largest absolute Gasteiger partial charge is 0.351 e. The second kappa shape index (κ2) is 6.24. The van der Waals surface area contributed by atoms with Gasteiger partial charge in [0.25, 0.3) is 0 Å². The van der Waals surface area contributed by atoms with E-state index >= 15 is 0 Å². The monoisotopic (exact) mass is 336 g/mol. The molecule has 2 bridgehead atoms. The first-order chi connectivity index (χ1) is 10.9. The lowest BCUT2D eigenvalue weighted by atomic mass is 9.94. The third-order valence-corrected chi connectivity index (χ3v) is 6.57. The van der Waals surface area contributed by atoms with Gasteiger partial charge in [-0.2, -0.15) is 4.31 Å². The molecule has 2 aliphatic rings. The van der Waals surface area contributed by atoms with Crippen molar-refractivity contribution in [2.45, 2.75) is 37.8 Å². The number of fused-ring (bicyclic) bond motifs is 2. The minimum absolute atomic E-state index is 0.195. The predicted octanol–water partition coefficient (Wildman–Crippen LogP) is 1.92. The van der Waals surface area contributed by atoms with Gasteiger partial charge in [-0.3, -0.25) is 4.79 Å².